The van der Waals surface area contributed by atoms with E-state index in [2.05, 4.69) is 13.8 Å². The Labute approximate surface area is 206 Å². The first kappa shape index (κ1) is 34.4. The van der Waals surface area contributed by atoms with Crippen molar-refractivity contribution in [3.8, 4) is 0 Å². The average molecular weight is 585 g/mol. The van der Waals surface area contributed by atoms with Crippen LogP contribution in [0.4, 0.5) is 26.3 Å². The number of hydrogen-bond acceptors (Lipinski definition) is 3. The van der Waals surface area contributed by atoms with Crippen molar-refractivity contribution in [1.29, 1.82) is 0 Å². The predicted octanol–water partition coefficient (Wildman–Crippen LogP) is 7.93. The molecule has 0 N–H and O–H groups in total. The molecule has 0 aromatic heterocycles. The van der Waals surface area contributed by atoms with Crippen LogP contribution in [0, 0.1) is 0 Å². The number of hydrogen-bond donors (Lipinski definition) is 0. The van der Waals surface area contributed by atoms with Crippen molar-refractivity contribution in [2.24, 2.45) is 0 Å². The minimum absolute atomic E-state index is 0. The van der Waals surface area contributed by atoms with Crippen LogP contribution in [0.5, 0.6) is 0 Å². The van der Waals surface area contributed by atoms with Crippen molar-refractivity contribution in [1.82, 2.24) is 0 Å². The van der Waals surface area contributed by atoms with Gasteiger partial charge in [0, 0.05) is 62.8 Å². The fourth-order valence-corrected chi connectivity index (χ4v) is 2.95. The Morgan fingerprint density at radius 3 is 1.22 bits per heavy atom. The number of alkyl halides is 6. The first-order valence-corrected chi connectivity index (χ1v) is 11.6. The molecule has 0 saturated carbocycles. The summed E-state index contributed by atoms with van der Waals surface area (Å²) in [7, 11) is 0. The molecular formula is C22H40F6O3Sn. The molecule has 0 saturated heterocycles. The fraction of sp³-hybridized carbons (Fsp3) is 1.00. The third kappa shape index (κ3) is 24.9. The summed E-state index contributed by atoms with van der Waals surface area (Å²) >= 11 is 0. The van der Waals surface area contributed by atoms with Crippen LogP contribution in [0.3, 0.4) is 0 Å². The topological polar surface area (TPSA) is 27.7 Å². The Morgan fingerprint density at radius 2 is 0.906 bits per heavy atom. The van der Waals surface area contributed by atoms with Gasteiger partial charge >= 0.3 is 12.4 Å². The van der Waals surface area contributed by atoms with E-state index in [1.807, 2.05) is 0 Å². The van der Waals surface area contributed by atoms with Crippen LogP contribution < -0.4 is 0 Å². The van der Waals surface area contributed by atoms with Crippen LogP contribution in [-0.4, -0.2) is 62.1 Å². The molecule has 192 valence electrons. The summed E-state index contributed by atoms with van der Waals surface area (Å²) in [6, 6.07) is 0. The van der Waals surface area contributed by atoms with Crippen molar-refractivity contribution in [3.63, 3.8) is 0 Å². The molecule has 0 bridgehead atoms. The minimum Gasteiger partial charge on any atom is -0.353 e. The number of ether oxygens (including phenoxy) is 3. The van der Waals surface area contributed by atoms with E-state index in [0.717, 1.165) is 51.4 Å². The summed E-state index contributed by atoms with van der Waals surface area (Å²) in [6.45, 7) is 4.55. The van der Waals surface area contributed by atoms with Crippen LogP contribution in [0.1, 0.15) is 104 Å². The van der Waals surface area contributed by atoms with Gasteiger partial charge in [-0.2, -0.15) is 26.3 Å². The zero-order chi connectivity index (χ0) is 23.6. The molecule has 0 aromatic carbocycles. The third-order valence-corrected chi connectivity index (χ3v) is 4.73. The van der Waals surface area contributed by atoms with Gasteiger partial charge in [-0.1, -0.05) is 65.2 Å². The van der Waals surface area contributed by atoms with Crippen LogP contribution >= 0.6 is 0 Å². The second-order valence-electron chi connectivity index (χ2n) is 7.87. The minimum atomic E-state index is -4.40. The number of unbranched alkanes of at least 4 members (excludes halogenated alkanes) is 8. The molecule has 0 spiro atoms. The summed E-state index contributed by atoms with van der Waals surface area (Å²) in [6.07, 6.45) is -5.12. The maximum atomic E-state index is 12.6. The Bertz CT molecular complexity index is 372. The first-order chi connectivity index (χ1) is 14.6. The van der Waals surface area contributed by atoms with E-state index in [4.69, 9.17) is 14.2 Å². The van der Waals surface area contributed by atoms with Gasteiger partial charge in [-0.15, -0.1) is 0 Å². The van der Waals surface area contributed by atoms with Gasteiger partial charge < -0.3 is 14.2 Å². The zero-order valence-electron chi connectivity index (χ0n) is 19.5. The van der Waals surface area contributed by atoms with E-state index in [-0.39, 0.29) is 37.1 Å². The maximum absolute atomic E-state index is 12.6. The summed E-state index contributed by atoms with van der Waals surface area (Å²) in [4.78, 5) is 0. The summed E-state index contributed by atoms with van der Waals surface area (Å²) in [5.41, 5.74) is 0. The van der Waals surface area contributed by atoms with Crippen molar-refractivity contribution < 1.29 is 40.6 Å². The van der Waals surface area contributed by atoms with Gasteiger partial charge in [0.15, 0.2) is 12.6 Å². The normalized spacial score (nSPS) is 14.2. The van der Waals surface area contributed by atoms with Crippen molar-refractivity contribution in [2.75, 3.05) is 13.2 Å². The molecule has 0 aliphatic heterocycles. The predicted molar refractivity (Wildman–Crippen MR) is 114 cm³/mol. The van der Waals surface area contributed by atoms with Crippen molar-refractivity contribution >= 4 is 23.9 Å². The Morgan fingerprint density at radius 1 is 0.562 bits per heavy atom. The van der Waals surface area contributed by atoms with Gasteiger partial charge in [-0.25, -0.2) is 0 Å². The second kappa shape index (κ2) is 20.6. The Hall–Kier alpha value is 0.259. The van der Waals surface area contributed by atoms with Gasteiger partial charge in [-0.05, 0) is 12.8 Å². The van der Waals surface area contributed by atoms with Crippen molar-refractivity contribution in [2.45, 2.75) is 129 Å². The van der Waals surface area contributed by atoms with Gasteiger partial charge in [0.2, 0.25) is 0 Å². The average Bonchev–Trinajstić information content (AvgIpc) is 2.67. The Kier molecular flexibility index (Phi) is 22.2. The smallest absolute Gasteiger partial charge is 0.353 e. The molecule has 0 aliphatic rings. The Balaban J connectivity index is 0. The van der Waals surface area contributed by atoms with Crippen molar-refractivity contribution in [3.05, 3.63) is 0 Å². The van der Waals surface area contributed by atoms with E-state index >= 15 is 0 Å². The molecule has 4 radical (unpaired) electrons. The second-order valence-corrected chi connectivity index (χ2v) is 7.87. The van der Waals surface area contributed by atoms with E-state index in [1.54, 1.807) is 0 Å². The molecule has 3 nitrogen and oxygen atoms in total. The molecule has 32 heavy (non-hydrogen) atoms. The zero-order valence-corrected chi connectivity index (χ0v) is 22.3. The van der Waals surface area contributed by atoms with E-state index in [9.17, 15) is 26.3 Å². The molecule has 10 heteroatoms. The molecule has 0 aromatic rings. The molecule has 0 rings (SSSR count). The maximum Gasteiger partial charge on any atom is 0.389 e. The van der Waals surface area contributed by atoms with Gasteiger partial charge in [0.05, 0.1) is 0 Å². The SMILES string of the molecule is CCCCCCCOC(CCC(F)(F)F)OC(CCC(F)(F)F)OCCCCCCC.[Sn]. The molecule has 2 atom stereocenters. The quantitative estimate of drug-likeness (QED) is 0.0629. The van der Waals surface area contributed by atoms with Crippen LogP contribution in [0.2, 0.25) is 0 Å². The standard InChI is InChI=1S/C22H40F6O3.Sn/c1-3-5-7-9-11-17-29-19(13-15-21(23,24)25)31-20(14-16-22(26,27)28)30-18-12-10-8-6-4-2;/h19-20H,3-18H2,1-2H3;. The van der Waals surface area contributed by atoms with Crippen LogP contribution in [0.25, 0.3) is 0 Å². The van der Waals surface area contributed by atoms with Gasteiger partial charge in [0.1, 0.15) is 0 Å². The fourth-order valence-electron chi connectivity index (χ4n) is 2.95. The van der Waals surface area contributed by atoms with E-state index in [0.29, 0.717) is 12.8 Å². The molecule has 0 amide bonds. The molecule has 2 unspecified atom stereocenters. The van der Waals surface area contributed by atoms with E-state index < -0.39 is 50.6 Å². The first-order valence-electron chi connectivity index (χ1n) is 11.6. The van der Waals surface area contributed by atoms with Crippen LogP contribution in [-0.2, 0) is 14.2 Å². The third-order valence-electron chi connectivity index (χ3n) is 4.73. The summed E-state index contributed by atoms with van der Waals surface area (Å²) in [5.74, 6) is 0. The van der Waals surface area contributed by atoms with Gasteiger partial charge in [0.25, 0.3) is 0 Å². The monoisotopic (exact) mass is 586 g/mol. The summed E-state index contributed by atoms with van der Waals surface area (Å²) in [5, 5.41) is 0. The van der Waals surface area contributed by atoms with Gasteiger partial charge in [-0.3, -0.25) is 0 Å². The summed E-state index contributed by atoms with van der Waals surface area (Å²) < 4.78 is 92.2. The molecule has 0 aliphatic carbocycles. The molecule has 0 fully saturated rings. The van der Waals surface area contributed by atoms with Crippen LogP contribution in [0.15, 0.2) is 0 Å². The molecule has 0 heterocycles. The number of rotatable bonds is 20. The molecular weight excluding hydrogens is 545 g/mol. The van der Waals surface area contributed by atoms with E-state index in [1.165, 1.54) is 0 Å². The number of halogens is 6. The largest absolute Gasteiger partial charge is 0.389 e.